The van der Waals surface area contributed by atoms with Crippen molar-refractivity contribution < 1.29 is 9.59 Å². The van der Waals surface area contributed by atoms with Gasteiger partial charge in [0, 0.05) is 38.2 Å². The van der Waals surface area contributed by atoms with E-state index in [4.69, 9.17) is 0 Å². The van der Waals surface area contributed by atoms with Gasteiger partial charge in [0.25, 0.3) is 0 Å². The number of benzene rings is 1. The second kappa shape index (κ2) is 7.12. The highest BCUT2D eigenvalue weighted by Crippen LogP contribution is 2.23. The van der Waals surface area contributed by atoms with Crippen LogP contribution in [0.25, 0.3) is 0 Å². The van der Waals surface area contributed by atoms with Crippen molar-refractivity contribution in [3.05, 3.63) is 60.4 Å². The zero-order chi connectivity index (χ0) is 16.9. The zero-order valence-electron chi connectivity index (χ0n) is 13.6. The monoisotopic (exact) mass is 324 g/mol. The number of pyridine rings is 1. The number of anilines is 1. The van der Waals surface area contributed by atoms with Crippen LogP contribution in [0, 0.1) is 0 Å². The molecule has 2 heterocycles. The summed E-state index contributed by atoms with van der Waals surface area (Å²) in [6, 6.07) is 12.6. The second-order valence-corrected chi connectivity index (χ2v) is 5.75. The van der Waals surface area contributed by atoms with E-state index in [0.717, 1.165) is 11.3 Å². The molecule has 2 aromatic rings. The van der Waals surface area contributed by atoms with Crippen LogP contribution in [-0.2, 0) is 11.3 Å². The number of carbonyl (C=O) groups excluding carboxylic acids is 2. The number of amides is 3. The number of para-hydroxylation sites is 1. The van der Waals surface area contributed by atoms with E-state index in [2.05, 4.69) is 10.3 Å². The molecule has 1 aromatic carbocycles. The number of hydrogen-bond donors (Lipinski definition) is 1. The predicted molar refractivity (Wildman–Crippen MR) is 91.4 cm³/mol. The molecule has 0 aliphatic carbocycles. The molecule has 1 atom stereocenters. The molecule has 1 N–H and O–H groups in total. The van der Waals surface area contributed by atoms with Crippen LogP contribution < -0.4 is 10.2 Å². The van der Waals surface area contributed by atoms with Crippen molar-refractivity contribution in [2.45, 2.75) is 19.0 Å². The summed E-state index contributed by atoms with van der Waals surface area (Å²) in [4.78, 5) is 32.1. The number of hydrogen-bond acceptors (Lipinski definition) is 3. The first-order valence-corrected chi connectivity index (χ1v) is 7.93. The van der Waals surface area contributed by atoms with E-state index in [-0.39, 0.29) is 11.9 Å². The van der Waals surface area contributed by atoms with Crippen molar-refractivity contribution in [2.24, 2.45) is 0 Å². The van der Waals surface area contributed by atoms with Crippen molar-refractivity contribution >= 4 is 17.6 Å². The number of aromatic nitrogens is 1. The lowest BCUT2D eigenvalue weighted by atomic mass is 10.2. The maximum absolute atomic E-state index is 12.6. The summed E-state index contributed by atoms with van der Waals surface area (Å²) in [7, 11) is 1.67. The van der Waals surface area contributed by atoms with Crippen LogP contribution in [0.1, 0.15) is 12.0 Å². The topological polar surface area (TPSA) is 65.5 Å². The molecule has 1 aliphatic heterocycles. The van der Waals surface area contributed by atoms with Crippen molar-refractivity contribution in [1.82, 2.24) is 15.2 Å². The molecule has 0 spiro atoms. The Morgan fingerprint density at radius 1 is 1.25 bits per heavy atom. The van der Waals surface area contributed by atoms with Crippen LogP contribution in [0.3, 0.4) is 0 Å². The van der Waals surface area contributed by atoms with Crippen LogP contribution in [0.4, 0.5) is 10.5 Å². The minimum Gasteiger partial charge on any atom is -0.334 e. The van der Waals surface area contributed by atoms with Gasteiger partial charge >= 0.3 is 6.03 Å². The maximum atomic E-state index is 12.6. The van der Waals surface area contributed by atoms with Gasteiger partial charge in [-0.2, -0.15) is 0 Å². The Morgan fingerprint density at radius 3 is 2.67 bits per heavy atom. The summed E-state index contributed by atoms with van der Waals surface area (Å²) in [6.45, 7) is 1.03. The molecule has 3 rings (SSSR count). The molecule has 124 valence electrons. The van der Waals surface area contributed by atoms with E-state index in [9.17, 15) is 9.59 Å². The summed E-state index contributed by atoms with van der Waals surface area (Å²) >= 11 is 0. The van der Waals surface area contributed by atoms with Gasteiger partial charge in [-0.25, -0.2) is 4.79 Å². The van der Waals surface area contributed by atoms with Gasteiger partial charge in [-0.1, -0.05) is 18.2 Å². The van der Waals surface area contributed by atoms with E-state index in [1.165, 1.54) is 4.90 Å². The second-order valence-electron chi connectivity index (χ2n) is 5.75. The predicted octanol–water partition coefficient (Wildman–Crippen LogP) is 2.03. The van der Waals surface area contributed by atoms with Gasteiger partial charge in [0.2, 0.25) is 5.91 Å². The summed E-state index contributed by atoms with van der Waals surface area (Å²) in [5, 5.41) is 2.84. The molecule has 6 nitrogen and oxygen atoms in total. The van der Waals surface area contributed by atoms with Crippen molar-refractivity contribution in [3.8, 4) is 0 Å². The largest absolute Gasteiger partial charge is 0.334 e. The van der Waals surface area contributed by atoms with Crippen LogP contribution in [0.2, 0.25) is 0 Å². The molecule has 1 aromatic heterocycles. The quantitative estimate of drug-likeness (QED) is 0.936. The Morgan fingerprint density at radius 2 is 1.96 bits per heavy atom. The van der Waals surface area contributed by atoms with E-state index in [1.54, 1.807) is 24.3 Å². The molecule has 1 fully saturated rings. The third-order valence-electron chi connectivity index (χ3n) is 4.23. The van der Waals surface area contributed by atoms with Crippen LogP contribution in [0.15, 0.2) is 54.9 Å². The molecule has 0 saturated carbocycles. The Balaban J connectivity index is 1.60. The molecule has 0 radical (unpaired) electrons. The van der Waals surface area contributed by atoms with E-state index < -0.39 is 6.04 Å². The summed E-state index contributed by atoms with van der Waals surface area (Å²) in [6.07, 6.45) is 4.00. The summed E-state index contributed by atoms with van der Waals surface area (Å²) in [5.41, 5.74) is 1.84. The molecule has 24 heavy (non-hydrogen) atoms. The minimum atomic E-state index is -0.428. The molecule has 1 aliphatic rings. The van der Waals surface area contributed by atoms with E-state index in [1.807, 2.05) is 42.5 Å². The number of rotatable bonds is 4. The fraction of sp³-hybridized carbons (Fsp3) is 0.278. The standard InChI is InChI=1S/C18H20N4O2/c1-21(18(24)20-13-14-7-10-19-11-8-14)16-9-12-22(17(16)23)15-5-3-2-4-6-15/h2-8,10-11,16H,9,12-13H2,1H3,(H,20,24)/t16-/m0/s1. The first kappa shape index (κ1) is 16.0. The Kier molecular flexibility index (Phi) is 4.74. The number of nitrogens with zero attached hydrogens (tertiary/aromatic N) is 3. The minimum absolute atomic E-state index is 0.0391. The van der Waals surface area contributed by atoms with Crippen molar-refractivity contribution in [3.63, 3.8) is 0 Å². The van der Waals surface area contributed by atoms with Gasteiger partial charge in [0.15, 0.2) is 0 Å². The fourth-order valence-electron chi connectivity index (χ4n) is 2.83. The number of likely N-dealkylation sites (N-methyl/N-ethyl adjacent to an activating group) is 1. The number of nitrogens with one attached hydrogen (secondary N) is 1. The van der Waals surface area contributed by atoms with Gasteiger partial charge < -0.3 is 15.1 Å². The number of urea groups is 1. The molecule has 0 unspecified atom stereocenters. The normalized spacial score (nSPS) is 17.0. The zero-order valence-corrected chi connectivity index (χ0v) is 13.6. The molecule has 6 heteroatoms. The van der Waals surface area contributed by atoms with Gasteiger partial charge in [0.1, 0.15) is 6.04 Å². The molecule has 3 amide bonds. The number of carbonyl (C=O) groups is 2. The maximum Gasteiger partial charge on any atom is 0.318 e. The molecular formula is C18H20N4O2. The van der Waals surface area contributed by atoms with Gasteiger partial charge in [-0.05, 0) is 36.2 Å². The van der Waals surface area contributed by atoms with Crippen molar-refractivity contribution in [2.75, 3.05) is 18.5 Å². The lowest BCUT2D eigenvalue weighted by Crippen LogP contribution is -2.47. The average Bonchev–Trinajstić information content (AvgIpc) is 3.02. The Hall–Kier alpha value is -2.89. The SMILES string of the molecule is CN(C(=O)NCc1ccncc1)[C@H]1CCN(c2ccccc2)C1=O. The highest BCUT2D eigenvalue weighted by atomic mass is 16.2. The van der Waals surface area contributed by atoms with Crippen LogP contribution in [-0.4, -0.2) is 41.5 Å². The summed E-state index contributed by atoms with van der Waals surface area (Å²) in [5.74, 6) is -0.0391. The Labute approximate surface area is 141 Å². The Bertz CT molecular complexity index is 705. The highest BCUT2D eigenvalue weighted by molar-refractivity contribution is 6.01. The third-order valence-corrected chi connectivity index (χ3v) is 4.23. The average molecular weight is 324 g/mol. The van der Waals surface area contributed by atoms with Gasteiger partial charge in [-0.3, -0.25) is 9.78 Å². The van der Waals surface area contributed by atoms with Gasteiger partial charge in [-0.15, -0.1) is 0 Å². The first-order chi connectivity index (χ1) is 11.7. The van der Waals surface area contributed by atoms with E-state index >= 15 is 0 Å². The van der Waals surface area contributed by atoms with Crippen LogP contribution in [0.5, 0.6) is 0 Å². The van der Waals surface area contributed by atoms with Gasteiger partial charge in [0.05, 0.1) is 0 Å². The first-order valence-electron chi connectivity index (χ1n) is 7.93. The fourth-order valence-corrected chi connectivity index (χ4v) is 2.83. The van der Waals surface area contributed by atoms with Crippen LogP contribution >= 0.6 is 0 Å². The van der Waals surface area contributed by atoms with E-state index in [0.29, 0.717) is 19.5 Å². The summed E-state index contributed by atoms with van der Waals surface area (Å²) < 4.78 is 0. The lowest BCUT2D eigenvalue weighted by molar-refractivity contribution is -0.120. The lowest BCUT2D eigenvalue weighted by Gasteiger charge is -2.24. The third kappa shape index (κ3) is 3.37. The highest BCUT2D eigenvalue weighted by Gasteiger charge is 2.37. The molecule has 0 bridgehead atoms. The molecular weight excluding hydrogens is 304 g/mol. The van der Waals surface area contributed by atoms with Crippen molar-refractivity contribution in [1.29, 1.82) is 0 Å². The smallest absolute Gasteiger partial charge is 0.318 e. The molecule has 1 saturated heterocycles.